The lowest BCUT2D eigenvalue weighted by Crippen LogP contribution is -2.09. The molecule has 6 heteroatoms. The van der Waals surface area contributed by atoms with Crippen LogP contribution >= 0.6 is 0 Å². The fourth-order valence-corrected chi connectivity index (χ4v) is 4.06. The maximum Gasteiger partial charge on any atom is 0.229 e. The smallest absolute Gasteiger partial charge is 0.229 e. The zero-order chi connectivity index (χ0) is 20.6. The highest BCUT2D eigenvalue weighted by Gasteiger charge is 2.19. The molecule has 0 aliphatic carbocycles. The first-order valence-corrected chi connectivity index (χ1v) is 11.0. The van der Waals surface area contributed by atoms with Crippen LogP contribution in [-0.2, 0) is 16.6 Å². The van der Waals surface area contributed by atoms with Crippen molar-refractivity contribution in [2.24, 2.45) is 0 Å². The Morgan fingerprint density at radius 1 is 1.03 bits per heavy atom. The van der Waals surface area contributed by atoms with Crippen LogP contribution in [0.3, 0.4) is 0 Å². The van der Waals surface area contributed by atoms with Gasteiger partial charge >= 0.3 is 0 Å². The van der Waals surface area contributed by atoms with Crippen molar-refractivity contribution in [2.75, 3.05) is 11.0 Å². The summed E-state index contributed by atoms with van der Waals surface area (Å²) in [5.74, 6) is 0.228. The summed E-state index contributed by atoms with van der Waals surface area (Å²) in [6, 6.07) is 18.0. The summed E-state index contributed by atoms with van der Waals surface area (Å²) >= 11 is 0. The Kier molecular flexibility index (Phi) is 4.88. The maximum absolute atomic E-state index is 14.2. The van der Waals surface area contributed by atoms with Gasteiger partial charge in [-0.2, -0.15) is 0 Å². The van der Waals surface area contributed by atoms with E-state index in [1.807, 2.05) is 49.4 Å². The Morgan fingerprint density at radius 2 is 1.83 bits per heavy atom. The molecule has 1 heterocycles. The first-order chi connectivity index (χ1) is 13.8. The zero-order valence-electron chi connectivity index (χ0n) is 16.1. The van der Waals surface area contributed by atoms with Crippen LogP contribution in [0.2, 0.25) is 0 Å². The van der Waals surface area contributed by atoms with Crippen molar-refractivity contribution in [1.29, 1.82) is 0 Å². The first-order valence-electron chi connectivity index (χ1n) is 9.11. The minimum Gasteiger partial charge on any atom is -0.488 e. The van der Waals surface area contributed by atoms with E-state index in [1.54, 1.807) is 6.07 Å². The van der Waals surface area contributed by atoms with Crippen LogP contribution in [0.4, 0.5) is 10.1 Å². The molecule has 4 rings (SSSR count). The molecular weight excluding hydrogens is 389 g/mol. The van der Waals surface area contributed by atoms with Crippen LogP contribution < -0.4 is 9.46 Å². The number of halogens is 1. The number of fused-ring (bicyclic) bond motifs is 2. The predicted molar refractivity (Wildman–Crippen MR) is 114 cm³/mol. The third-order valence-corrected chi connectivity index (χ3v) is 5.25. The van der Waals surface area contributed by atoms with Crippen LogP contribution in [0.25, 0.3) is 11.6 Å². The number of benzene rings is 3. The van der Waals surface area contributed by atoms with Crippen molar-refractivity contribution in [3.8, 4) is 5.75 Å². The molecule has 1 N–H and O–H groups in total. The highest BCUT2D eigenvalue weighted by atomic mass is 32.2. The van der Waals surface area contributed by atoms with E-state index in [2.05, 4.69) is 10.8 Å². The zero-order valence-corrected chi connectivity index (χ0v) is 16.9. The predicted octanol–water partition coefficient (Wildman–Crippen LogP) is 4.99. The van der Waals surface area contributed by atoms with Gasteiger partial charge in [0.05, 0.1) is 11.9 Å². The minimum atomic E-state index is -3.51. The minimum absolute atomic E-state index is 0.182. The molecule has 1 aliphatic rings. The number of hydrogen-bond acceptors (Lipinski definition) is 3. The number of hydrogen-bond donors (Lipinski definition) is 1. The molecule has 0 atom stereocenters. The van der Waals surface area contributed by atoms with E-state index in [0.717, 1.165) is 45.9 Å². The van der Waals surface area contributed by atoms with Crippen molar-refractivity contribution in [2.45, 2.75) is 13.5 Å². The molecule has 4 nitrogen and oxygen atoms in total. The van der Waals surface area contributed by atoms with Crippen molar-refractivity contribution in [3.05, 3.63) is 94.3 Å². The summed E-state index contributed by atoms with van der Waals surface area (Å²) < 4.78 is 45.6. The van der Waals surface area contributed by atoms with Gasteiger partial charge in [-0.1, -0.05) is 42.0 Å². The quantitative estimate of drug-likeness (QED) is 0.663. The van der Waals surface area contributed by atoms with Crippen LogP contribution in [-0.4, -0.2) is 14.7 Å². The van der Waals surface area contributed by atoms with E-state index in [9.17, 15) is 12.8 Å². The highest BCUT2D eigenvalue weighted by molar-refractivity contribution is 7.92. The van der Waals surface area contributed by atoms with Gasteiger partial charge < -0.3 is 4.74 Å². The SMILES string of the molecule is Cc1ccc2c(c1)COc1ccccc1/C2=C/c1cc(F)cc(NS(C)(=O)=O)c1. The third-order valence-electron chi connectivity index (χ3n) is 4.65. The summed E-state index contributed by atoms with van der Waals surface area (Å²) in [6.07, 6.45) is 2.89. The molecule has 3 aromatic rings. The molecule has 1 aliphatic heterocycles. The molecule has 0 saturated heterocycles. The average molecular weight is 409 g/mol. The van der Waals surface area contributed by atoms with Gasteiger partial charge in [0, 0.05) is 5.56 Å². The van der Waals surface area contributed by atoms with Gasteiger partial charge in [-0.25, -0.2) is 12.8 Å². The number of para-hydroxylation sites is 1. The standard InChI is InChI=1S/C23H20FNO3S/c1-15-7-8-20-17(9-15)14-28-23-6-4-3-5-21(23)22(20)12-16-10-18(24)13-19(11-16)25-29(2,26)27/h3-13,25H,14H2,1-2H3/b22-12+. The molecule has 29 heavy (non-hydrogen) atoms. The molecule has 0 fully saturated rings. The highest BCUT2D eigenvalue weighted by Crippen LogP contribution is 2.38. The summed E-state index contributed by atoms with van der Waals surface area (Å²) in [5, 5.41) is 0. The lowest BCUT2D eigenvalue weighted by molar-refractivity contribution is 0.307. The molecular formula is C23H20FNO3S. The number of nitrogens with one attached hydrogen (secondary N) is 1. The molecule has 3 aromatic carbocycles. The lowest BCUT2D eigenvalue weighted by atomic mass is 9.91. The van der Waals surface area contributed by atoms with Gasteiger partial charge in [-0.3, -0.25) is 4.72 Å². The second-order valence-electron chi connectivity index (χ2n) is 7.15. The van der Waals surface area contributed by atoms with Crippen molar-refractivity contribution in [1.82, 2.24) is 0 Å². The maximum atomic E-state index is 14.2. The molecule has 0 saturated carbocycles. The van der Waals surface area contributed by atoms with Gasteiger partial charge in [-0.15, -0.1) is 0 Å². The number of ether oxygens (including phenoxy) is 1. The van der Waals surface area contributed by atoms with Gasteiger partial charge in [0.15, 0.2) is 0 Å². The van der Waals surface area contributed by atoms with Crippen LogP contribution in [0.15, 0.2) is 60.7 Å². The van der Waals surface area contributed by atoms with Gasteiger partial charge in [0.2, 0.25) is 10.0 Å². The molecule has 0 unspecified atom stereocenters. The number of anilines is 1. The Labute approximate surface area is 169 Å². The van der Waals surface area contributed by atoms with Crippen molar-refractivity contribution < 1.29 is 17.5 Å². The summed E-state index contributed by atoms with van der Waals surface area (Å²) in [4.78, 5) is 0. The average Bonchev–Trinajstić information content (AvgIpc) is 2.77. The Morgan fingerprint density at radius 3 is 2.62 bits per heavy atom. The summed E-state index contributed by atoms with van der Waals surface area (Å²) in [6.45, 7) is 2.47. The first kappa shape index (κ1) is 19.2. The Hall–Kier alpha value is -3.12. The van der Waals surface area contributed by atoms with Gasteiger partial charge in [-0.05, 0) is 59.5 Å². The molecule has 0 aromatic heterocycles. The Bertz CT molecular complexity index is 1230. The molecule has 148 valence electrons. The molecule has 0 bridgehead atoms. The fraction of sp³-hybridized carbons (Fsp3) is 0.130. The van der Waals surface area contributed by atoms with E-state index in [-0.39, 0.29) is 5.69 Å². The van der Waals surface area contributed by atoms with Crippen LogP contribution in [0.1, 0.15) is 27.8 Å². The lowest BCUT2D eigenvalue weighted by Gasteiger charge is -2.12. The number of rotatable bonds is 3. The second kappa shape index (κ2) is 7.37. The third kappa shape index (κ3) is 4.32. The molecule has 0 spiro atoms. The summed E-state index contributed by atoms with van der Waals surface area (Å²) in [7, 11) is -3.51. The van der Waals surface area contributed by atoms with E-state index in [0.29, 0.717) is 12.2 Å². The van der Waals surface area contributed by atoms with E-state index in [1.165, 1.54) is 6.07 Å². The number of aryl methyl sites for hydroxylation is 1. The number of sulfonamides is 1. The second-order valence-corrected chi connectivity index (χ2v) is 8.90. The largest absolute Gasteiger partial charge is 0.488 e. The molecule has 0 radical (unpaired) electrons. The summed E-state index contributed by atoms with van der Waals surface area (Å²) in [5.41, 5.74) is 5.70. The Balaban J connectivity index is 1.91. The van der Waals surface area contributed by atoms with Crippen molar-refractivity contribution >= 4 is 27.4 Å². The fourth-order valence-electron chi connectivity index (χ4n) is 3.51. The normalized spacial score (nSPS) is 14.5. The van der Waals surface area contributed by atoms with Crippen molar-refractivity contribution in [3.63, 3.8) is 0 Å². The monoisotopic (exact) mass is 409 g/mol. The van der Waals surface area contributed by atoms with Crippen LogP contribution in [0, 0.1) is 12.7 Å². The van der Waals surface area contributed by atoms with E-state index < -0.39 is 15.8 Å². The van der Waals surface area contributed by atoms with Gasteiger partial charge in [0.25, 0.3) is 0 Å². The topological polar surface area (TPSA) is 55.4 Å². The van der Waals surface area contributed by atoms with Gasteiger partial charge in [0.1, 0.15) is 18.2 Å². The van der Waals surface area contributed by atoms with E-state index in [4.69, 9.17) is 4.74 Å². The van der Waals surface area contributed by atoms with E-state index >= 15 is 0 Å². The van der Waals surface area contributed by atoms with Crippen LogP contribution in [0.5, 0.6) is 5.75 Å². The molecule has 0 amide bonds.